The van der Waals surface area contributed by atoms with Crippen LogP contribution in [-0.4, -0.2) is 24.9 Å². The topological polar surface area (TPSA) is 64.5 Å². The van der Waals surface area contributed by atoms with Crippen molar-refractivity contribution in [3.8, 4) is 112 Å². The zero-order chi connectivity index (χ0) is 65.4. The van der Waals surface area contributed by atoms with E-state index >= 15 is 0 Å². The number of aromatic nitrogens is 5. The summed E-state index contributed by atoms with van der Waals surface area (Å²) in [5.41, 5.74) is 28.3. The Bertz CT molecular complexity index is 4800. The molecule has 0 aliphatic carbocycles. The molecule has 15 aromatic rings. The van der Waals surface area contributed by atoms with Crippen LogP contribution >= 0.6 is 0 Å². The first kappa shape index (κ1) is 80.2. The van der Waals surface area contributed by atoms with Crippen molar-refractivity contribution in [3.05, 3.63) is 392 Å². The molecular formula is C90H70Ir5N5-5. The summed E-state index contributed by atoms with van der Waals surface area (Å²) in [4.78, 5) is 22.0. The summed E-state index contributed by atoms with van der Waals surface area (Å²) in [6, 6.07) is 119. The van der Waals surface area contributed by atoms with Crippen LogP contribution in [0.1, 0.15) is 27.8 Å². The second kappa shape index (κ2) is 41.7. The normalized spacial score (nSPS) is 9.85. The number of hydrogen-bond acceptors (Lipinski definition) is 5. The van der Waals surface area contributed by atoms with Crippen molar-refractivity contribution >= 4 is 0 Å². The van der Waals surface area contributed by atoms with Gasteiger partial charge in [0.05, 0.1) is 0 Å². The predicted octanol–water partition coefficient (Wildman–Crippen LogP) is 22.6. The zero-order valence-electron chi connectivity index (χ0n) is 55.7. The van der Waals surface area contributed by atoms with E-state index in [1.54, 1.807) is 6.20 Å². The minimum absolute atomic E-state index is 0. The van der Waals surface area contributed by atoms with E-state index in [4.69, 9.17) is 0 Å². The van der Waals surface area contributed by atoms with Gasteiger partial charge in [0.2, 0.25) is 0 Å². The van der Waals surface area contributed by atoms with Crippen LogP contribution in [0.5, 0.6) is 0 Å². The number of rotatable bonds is 10. The van der Waals surface area contributed by atoms with Crippen molar-refractivity contribution in [2.45, 2.75) is 34.6 Å². The average molecular weight is 2180 g/mol. The Hall–Kier alpha value is -8.80. The number of benzene rings is 10. The summed E-state index contributed by atoms with van der Waals surface area (Å²) in [7, 11) is 0. The molecule has 0 N–H and O–H groups in total. The quantitative estimate of drug-likeness (QED) is 0.128. The molecule has 5 radical (unpaired) electrons. The number of aryl methyl sites for hydroxylation is 4. The van der Waals surface area contributed by atoms with Crippen LogP contribution in [0.25, 0.3) is 112 Å². The fraction of sp³-hybridized carbons (Fsp3) is 0.0556. The maximum absolute atomic E-state index is 4.45. The molecular weight excluding hydrogens is 2110 g/mol. The molecule has 15 rings (SSSR count). The van der Waals surface area contributed by atoms with Gasteiger partial charge in [0, 0.05) is 132 Å². The Morgan fingerprint density at radius 2 is 0.680 bits per heavy atom. The van der Waals surface area contributed by atoms with Gasteiger partial charge < -0.3 is 24.9 Å². The van der Waals surface area contributed by atoms with Gasteiger partial charge in [-0.15, -0.1) is 165 Å². The fourth-order valence-electron chi connectivity index (χ4n) is 10.8. The van der Waals surface area contributed by atoms with Crippen LogP contribution in [0.15, 0.2) is 334 Å². The van der Waals surface area contributed by atoms with E-state index in [0.29, 0.717) is 0 Å². The molecule has 0 unspecified atom stereocenters. The van der Waals surface area contributed by atoms with Crippen LogP contribution in [0, 0.1) is 65.0 Å². The van der Waals surface area contributed by atoms with Crippen LogP contribution in [0.3, 0.4) is 0 Å². The van der Waals surface area contributed by atoms with E-state index in [0.717, 1.165) is 56.3 Å². The summed E-state index contributed by atoms with van der Waals surface area (Å²) < 4.78 is 0. The average Bonchev–Trinajstić information content (AvgIpc) is 0.954. The minimum atomic E-state index is 0. The third-order valence-electron chi connectivity index (χ3n) is 15.9. The van der Waals surface area contributed by atoms with E-state index in [1.807, 2.05) is 140 Å². The van der Waals surface area contributed by atoms with Crippen molar-refractivity contribution in [3.63, 3.8) is 0 Å². The molecule has 0 fully saturated rings. The largest absolute Gasteiger partial charge is 0.305 e. The molecule has 10 aromatic carbocycles. The van der Waals surface area contributed by atoms with Gasteiger partial charge in [0.25, 0.3) is 0 Å². The summed E-state index contributed by atoms with van der Waals surface area (Å²) in [6.45, 7) is 10.5. The van der Waals surface area contributed by atoms with E-state index in [9.17, 15) is 0 Å². The van der Waals surface area contributed by atoms with Gasteiger partial charge in [0.1, 0.15) is 0 Å². The molecule has 0 aliphatic heterocycles. The van der Waals surface area contributed by atoms with Crippen molar-refractivity contribution in [1.29, 1.82) is 0 Å². The molecule has 0 aliphatic rings. The van der Waals surface area contributed by atoms with Crippen molar-refractivity contribution in [2.75, 3.05) is 0 Å². The zero-order valence-corrected chi connectivity index (χ0v) is 67.6. The summed E-state index contributed by atoms with van der Waals surface area (Å²) in [5, 5.41) is 0. The van der Waals surface area contributed by atoms with Gasteiger partial charge in [-0.25, -0.2) is 0 Å². The third kappa shape index (κ3) is 22.6. The minimum Gasteiger partial charge on any atom is -0.305 e. The van der Waals surface area contributed by atoms with Gasteiger partial charge >= 0.3 is 0 Å². The predicted molar refractivity (Wildman–Crippen MR) is 393 cm³/mol. The Morgan fingerprint density at radius 1 is 0.240 bits per heavy atom. The molecule has 0 atom stereocenters. The summed E-state index contributed by atoms with van der Waals surface area (Å²) in [6.07, 6.45) is 9.09. The van der Waals surface area contributed by atoms with Crippen molar-refractivity contribution < 1.29 is 101 Å². The maximum atomic E-state index is 4.45. The molecule has 0 saturated carbocycles. The maximum Gasteiger partial charge on any atom is 0.0163 e. The van der Waals surface area contributed by atoms with Crippen LogP contribution in [0.4, 0.5) is 0 Å². The fourth-order valence-corrected chi connectivity index (χ4v) is 10.8. The number of nitrogens with zero attached hydrogens (tertiary/aromatic N) is 5. The summed E-state index contributed by atoms with van der Waals surface area (Å²) >= 11 is 0. The van der Waals surface area contributed by atoms with Gasteiger partial charge in [0.15, 0.2) is 0 Å². The van der Waals surface area contributed by atoms with E-state index in [2.05, 4.69) is 278 Å². The molecule has 5 aromatic heterocycles. The van der Waals surface area contributed by atoms with Gasteiger partial charge in [-0.2, -0.15) is 0 Å². The molecule has 5 heterocycles. The molecule has 0 amide bonds. The smallest absolute Gasteiger partial charge is 0.0163 e. The van der Waals surface area contributed by atoms with Crippen molar-refractivity contribution in [1.82, 2.24) is 24.9 Å². The SMILES string of the molecule is Cc1c(-c2ccccn2)[c-]ccc1-c1ccccc1.Cc1ccc(-c2cc[c-]c(-c3ccccn3)c2)cc1.Cc1ccccc1-c1c[c-]c(-c2ccccn2)cc1.Cc1cccnc1-c1[c-]ccc(-c2ccccc2)c1.Cc1ccnc(-c2[c-]ccc(-c3ccccc3)c2)c1.[Ir].[Ir].[Ir].[Ir].[Ir]. The van der Waals surface area contributed by atoms with E-state index < -0.39 is 0 Å². The monoisotopic (exact) mass is 2190 g/mol. The summed E-state index contributed by atoms with van der Waals surface area (Å²) in [5.74, 6) is 0. The Morgan fingerprint density at radius 3 is 1.20 bits per heavy atom. The molecule has 5 nitrogen and oxygen atoms in total. The Labute approximate surface area is 658 Å². The first-order chi connectivity index (χ1) is 46.7. The Balaban J connectivity index is 0.000000194. The van der Waals surface area contributed by atoms with Gasteiger partial charge in [-0.3, -0.25) is 0 Å². The van der Waals surface area contributed by atoms with Gasteiger partial charge in [-0.1, -0.05) is 234 Å². The molecule has 0 bridgehead atoms. The Kier molecular flexibility index (Phi) is 33.4. The molecule has 0 saturated heterocycles. The number of hydrogen-bond donors (Lipinski definition) is 0. The number of pyridine rings is 5. The van der Waals surface area contributed by atoms with Crippen molar-refractivity contribution in [2.24, 2.45) is 0 Å². The van der Waals surface area contributed by atoms with E-state index in [1.165, 1.54) is 83.5 Å². The molecule has 0 spiro atoms. The first-order valence-electron chi connectivity index (χ1n) is 31.7. The van der Waals surface area contributed by atoms with Crippen LogP contribution in [-0.2, 0) is 101 Å². The molecule has 10 heteroatoms. The van der Waals surface area contributed by atoms with E-state index in [-0.39, 0.29) is 101 Å². The first-order valence-corrected chi connectivity index (χ1v) is 31.7. The van der Waals surface area contributed by atoms with Gasteiger partial charge in [-0.05, 0) is 109 Å². The third-order valence-corrected chi connectivity index (χ3v) is 15.9. The second-order valence-corrected chi connectivity index (χ2v) is 22.7. The van der Waals surface area contributed by atoms with Crippen LogP contribution in [0.2, 0.25) is 0 Å². The second-order valence-electron chi connectivity index (χ2n) is 22.7. The van der Waals surface area contributed by atoms with Crippen LogP contribution < -0.4 is 0 Å². The molecule has 505 valence electrons. The molecule has 100 heavy (non-hydrogen) atoms. The standard InChI is InChI=1S/5C18H14N.5Ir/c1-14-8-10-15(11-9-14)16-5-4-6-17(13-16)18-7-2-3-12-19-18;1-14-6-2-3-7-17(14)15-9-11-16(12-10-15)18-8-4-5-13-19-18;1-14-7-6-12-19-18(14)17-11-5-10-16(13-17)15-8-3-2-4-9-15;1-14-16(15-8-3-2-4-9-15)10-7-11-17(14)18-12-5-6-13-19-18;1-14-10-11-19-18(12-14)17-9-5-8-16(13-17)15-6-3-2-4-7-15;;;;;/h2-5,7-13H,1H3;2-11,13H,1H3;2*2-10,12-13H,1H3;2-8,10-13H,1H3;;;;;/q5*-1;;;;;.